The molecule has 0 radical (unpaired) electrons. The van der Waals surface area contributed by atoms with E-state index in [9.17, 15) is 0 Å². The highest BCUT2D eigenvalue weighted by Gasteiger charge is 2.54. The van der Waals surface area contributed by atoms with Crippen LogP contribution in [0.25, 0.3) is 161 Å². The second-order valence-electron chi connectivity index (χ2n) is 32.8. The zero-order valence-electron chi connectivity index (χ0n) is 67.1. The third kappa shape index (κ3) is 10.5. The van der Waals surface area contributed by atoms with Crippen molar-refractivity contribution in [1.82, 2.24) is 38.1 Å². The summed E-state index contributed by atoms with van der Waals surface area (Å²) in [6, 6.07) is 157. The smallest absolute Gasteiger partial charge is 0.203 e. The number of hydrogen-bond donors (Lipinski definition) is 0. The standard InChI is InChI=1S/C58H38N4Si.C54H39N4Si/c1-5-19-40(20-6-1)57-59-56(55-47-29-15-18-32-54(47)63(58(55)60-57,43-23-9-3-10-24-43)44-25-11-4-12-26-44)39-33-35-42(36-34-39)62-51-31-17-14-28-46(51)49-37-48-45-27-13-16-30-50(45)61(52(48)38-53(49)62)41-21-7-2-8-22-41;1-58(2)48-28-16-13-25-42(48)45-34-44-41-24-12-15-27-46(41)57(47(44)35-49(45)58)38-32-30-36(31-33-38)52-51-43-26-14-17-29-50(43)59(39-20-8-4-9-21-39,40-22-10-5-11-23-40)54(51)56-53(55-52)37-18-6-3-7-19-37/h1-38H;3-35H,1-2H3/q;+1. The first kappa shape index (κ1) is 70.9. The average Bonchev–Trinajstić information content (AvgIpc) is 1.53. The molecule has 0 aliphatic carbocycles. The lowest BCUT2D eigenvalue weighted by atomic mass is 10.00. The lowest BCUT2D eigenvalue weighted by molar-refractivity contribution is 0.569. The van der Waals surface area contributed by atoms with Gasteiger partial charge in [0.15, 0.2) is 11.6 Å². The number of quaternary nitrogens is 1. The van der Waals surface area contributed by atoms with Gasteiger partial charge in [0.25, 0.3) is 0 Å². The number of nitrogens with zero attached hydrogens (tertiary/aromatic N) is 8. The molecule has 8 heterocycles. The molecule has 22 aromatic rings. The van der Waals surface area contributed by atoms with Crippen molar-refractivity contribution >= 4 is 135 Å². The van der Waals surface area contributed by atoms with Gasteiger partial charge in [0.1, 0.15) is 11.4 Å². The van der Waals surface area contributed by atoms with Gasteiger partial charge in [-0.05, 0) is 121 Å². The summed E-state index contributed by atoms with van der Waals surface area (Å²) in [6.45, 7) is 0. The fourth-order valence-corrected chi connectivity index (χ4v) is 30.8. The number of para-hydroxylation sites is 5. The van der Waals surface area contributed by atoms with Crippen LogP contribution in [0.4, 0.5) is 11.4 Å². The number of fused-ring (bicyclic) bond motifs is 18. The van der Waals surface area contributed by atoms with Gasteiger partial charge in [0.2, 0.25) is 16.1 Å². The van der Waals surface area contributed by atoms with E-state index < -0.39 is 16.1 Å². The van der Waals surface area contributed by atoms with Crippen LogP contribution in [-0.2, 0) is 0 Å². The van der Waals surface area contributed by atoms with Crippen LogP contribution in [0.15, 0.2) is 431 Å². The van der Waals surface area contributed by atoms with Gasteiger partial charge in [-0.3, -0.25) is 4.48 Å². The van der Waals surface area contributed by atoms with E-state index in [0.29, 0.717) is 4.48 Å². The quantitative estimate of drug-likeness (QED) is 0.0956. The molecule has 0 fully saturated rings. The van der Waals surface area contributed by atoms with Crippen molar-refractivity contribution in [3.05, 3.63) is 431 Å². The maximum atomic E-state index is 5.67. The Hall–Kier alpha value is -15.3. The third-order valence-corrected chi connectivity index (χ3v) is 35.5. The molecule has 10 heteroatoms. The van der Waals surface area contributed by atoms with Crippen LogP contribution in [0.1, 0.15) is 0 Å². The molecule has 25 rings (SSSR count). The molecule has 0 saturated heterocycles. The van der Waals surface area contributed by atoms with Crippen molar-refractivity contribution < 1.29 is 0 Å². The molecule has 122 heavy (non-hydrogen) atoms. The molecule has 0 bridgehead atoms. The Labute approximate surface area is 708 Å². The lowest BCUT2D eigenvalue weighted by Crippen LogP contribution is -2.73. The van der Waals surface area contributed by atoms with Gasteiger partial charge in [-0.2, -0.15) is 0 Å². The second-order valence-corrected chi connectivity index (χ2v) is 40.1. The van der Waals surface area contributed by atoms with Crippen molar-refractivity contribution in [2.75, 3.05) is 14.1 Å². The van der Waals surface area contributed by atoms with Crippen molar-refractivity contribution in [2.24, 2.45) is 0 Å². The molecule has 0 spiro atoms. The summed E-state index contributed by atoms with van der Waals surface area (Å²) >= 11 is 0. The molecule has 5 aromatic heterocycles. The first-order chi connectivity index (χ1) is 60.3. The number of aromatic nitrogens is 7. The predicted molar refractivity (Wildman–Crippen MR) is 513 cm³/mol. The minimum Gasteiger partial charge on any atom is -0.309 e. The van der Waals surface area contributed by atoms with E-state index in [0.717, 1.165) is 84.1 Å². The molecule has 0 N–H and O–H groups in total. The molecule has 0 saturated carbocycles. The van der Waals surface area contributed by atoms with E-state index in [4.69, 9.17) is 19.9 Å². The van der Waals surface area contributed by atoms with E-state index in [2.05, 4.69) is 459 Å². The zero-order valence-corrected chi connectivity index (χ0v) is 69.1. The molecular weight excluding hydrogens is 1510 g/mol. The summed E-state index contributed by atoms with van der Waals surface area (Å²) in [7, 11) is -1.16. The van der Waals surface area contributed by atoms with Gasteiger partial charge in [-0.15, -0.1) is 0 Å². The monoisotopic (exact) mass is 1590 g/mol. The fraction of sp³-hybridized carbons (Fsp3) is 0.0179. The SMILES string of the molecule is C[N+]1(C)c2ccccc2-c2cc3c4ccccc4n(-c4ccc(-c5nc(-c6ccccc6)nc6c5-c5ccccc5[Si]6(c5ccccc5)c5ccccc5)cc4)c3cc21.c1ccc(-c2nc(-c3ccc(-n4c5ccccc5c5cc6c7ccccc7n(-c7ccccc7)c6cc54)cc3)c3c(n2)[Si](c2ccccc2)(c2ccccc2)c2ccccc2-3)cc1. The average molecular weight is 1590 g/mol. The molecule has 0 unspecified atom stereocenters. The van der Waals surface area contributed by atoms with Gasteiger partial charge >= 0.3 is 0 Å². The molecule has 572 valence electrons. The molecule has 0 amide bonds. The summed E-state index contributed by atoms with van der Waals surface area (Å²) < 4.78 is 7.98. The van der Waals surface area contributed by atoms with Gasteiger partial charge in [0, 0.05) is 106 Å². The maximum Gasteiger partial charge on any atom is 0.203 e. The minimum absolute atomic E-state index is 0.711. The van der Waals surface area contributed by atoms with Gasteiger partial charge in [-0.25, -0.2) is 19.9 Å². The Kier molecular flexibility index (Phi) is 16.2. The second kappa shape index (κ2) is 27.9. The first-order valence-corrected chi connectivity index (χ1v) is 45.9. The van der Waals surface area contributed by atoms with Crippen LogP contribution in [0.3, 0.4) is 0 Å². The summed E-state index contributed by atoms with van der Waals surface area (Å²) in [5, 5.41) is 17.7. The molecule has 3 aliphatic heterocycles. The number of rotatable bonds is 11. The van der Waals surface area contributed by atoms with Crippen molar-refractivity contribution in [1.29, 1.82) is 0 Å². The summed E-state index contributed by atoms with van der Waals surface area (Å²) in [6.07, 6.45) is 0. The Morgan fingerprint density at radius 2 is 0.541 bits per heavy atom. The van der Waals surface area contributed by atoms with E-state index in [1.165, 1.54) is 130 Å². The van der Waals surface area contributed by atoms with E-state index >= 15 is 0 Å². The first-order valence-electron chi connectivity index (χ1n) is 41.9. The Bertz CT molecular complexity index is 7850. The third-order valence-electron chi connectivity index (χ3n) is 26.1. The minimum atomic E-state index is -2.89. The van der Waals surface area contributed by atoms with E-state index in [-0.39, 0.29) is 0 Å². The van der Waals surface area contributed by atoms with Crippen molar-refractivity contribution in [3.8, 4) is 95.7 Å². The van der Waals surface area contributed by atoms with Gasteiger partial charge in [-0.1, -0.05) is 340 Å². The predicted octanol–water partition coefficient (Wildman–Crippen LogP) is 21.5. The van der Waals surface area contributed by atoms with E-state index in [1.807, 2.05) is 0 Å². The number of hydrogen-bond acceptors (Lipinski definition) is 4. The summed E-state index contributed by atoms with van der Waals surface area (Å²) in [4.78, 5) is 22.4. The lowest BCUT2D eigenvalue weighted by Gasteiger charge is -2.30. The van der Waals surface area contributed by atoms with Gasteiger partial charge < -0.3 is 13.7 Å². The van der Waals surface area contributed by atoms with Crippen molar-refractivity contribution in [3.63, 3.8) is 0 Å². The highest BCUT2D eigenvalue weighted by atomic mass is 28.3. The van der Waals surface area contributed by atoms with Crippen LogP contribution < -0.4 is 46.2 Å². The normalized spacial score (nSPS) is 13.5. The van der Waals surface area contributed by atoms with Crippen molar-refractivity contribution in [2.45, 2.75) is 0 Å². The summed E-state index contributed by atoms with van der Waals surface area (Å²) in [5.41, 5.74) is 26.5. The molecule has 0 atom stereocenters. The Morgan fingerprint density at radius 3 is 0.951 bits per heavy atom. The Balaban J connectivity index is 0.000000138. The van der Waals surface area contributed by atoms with Crippen LogP contribution in [0.5, 0.6) is 0 Å². The van der Waals surface area contributed by atoms with Crippen LogP contribution >= 0.6 is 0 Å². The summed E-state index contributed by atoms with van der Waals surface area (Å²) in [5.74, 6) is 1.49. The van der Waals surface area contributed by atoms with E-state index in [1.54, 1.807) is 0 Å². The van der Waals surface area contributed by atoms with Crippen LogP contribution in [0, 0.1) is 0 Å². The number of benzene rings is 17. The van der Waals surface area contributed by atoms with Gasteiger partial charge in [0.05, 0.1) is 69.2 Å². The zero-order chi connectivity index (χ0) is 80.8. The topological polar surface area (TPSA) is 66.3 Å². The molecule has 17 aromatic carbocycles. The molecular formula is C112H77N8Si2+. The van der Waals surface area contributed by atoms with Crippen LogP contribution in [-0.4, -0.2) is 63.9 Å². The molecule has 8 nitrogen and oxygen atoms in total. The highest BCUT2D eigenvalue weighted by Crippen LogP contribution is 2.54. The Morgan fingerprint density at radius 1 is 0.221 bits per heavy atom. The molecule has 3 aliphatic rings. The van der Waals surface area contributed by atoms with Crippen LogP contribution in [0.2, 0.25) is 0 Å². The largest absolute Gasteiger partial charge is 0.309 e. The highest BCUT2D eigenvalue weighted by molar-refractivity contribution is 7.22. The fourth-order valence-electron chi connectivity index (χ4n) is 20.8. The maximum absolute atomic E-state index is 5.67.